The van der Waals surface area contributed by atoms with Crippen LogP contribution in [0.15, 0.2) is 0 Å². The summed E-state index contributed by atoms with van der Waals surface area (Å²) >= 11 is 0. The highest BCUT2D eigenvalue weighted by molar-refractivity contribution is 7.90. The lowest BCUT2D eigenvalue weighted by atomic mass is 9.87. The van der Waals surface area contributed by atoms with Crippen molar-refractivity contribution in [1.29, 1.82) is 0 Å². The van der Waals surface area contributed by atoms with Gasteiger partial charge in [0.25, 0.3) is 0 Å². The summed E-state index contributed by atoms with van der Waals surface area (Å²) in [6.07, 6.45) is 5.68. The molecule has 0 atom stereocenters. The van der Waals surface area contributed by atoms with Crippen LogP contribution in [0.3, 0.4) is 0 Å². The Labute approximate surface area is 80.8 Å². The van der Waals surface area contributed by atoms with Crippen molar-refractivity contribution >= 4 is 9.84 Å². The molecule has 1 saturated carbocycles. The Bertz CT molecular complexity index is 240. The highest BCUT2D eigenvalue weighted by atomic mass is 32.2. The van der Waals surface area contributed by atoms with Crippen molar-refractivity contribution in [2.75, 3.05) is 19.1 Å². The van der Waals surface area contributed by atoms with Gasteiger partial charge in [-0.3, -0.25) is 0 Å². The first kappa shape index (κ1) is 11.0. The van der Waals surface area contributed by atoms with Gasteiger partial charge >= 0.3 is 0 Å². The van der Waals surface area contributed by atoms with Crippen LogP contribution in [-0.4, -0.2) is 33.5 Å². The lowest BCUT2D eigenvalue weighted by Crippen LogP contribution is -2.32. The van der Waals surface area contributed by atoms with Gasteiger partial charge in [0, 0.05) is 12.3 Å². The lowest BCUT2D eigenvalue weighted by Gasteiger charge is -2.27. The summed E-state index contributed by atoms with van der Waals surface area (Å²) < 4.78 is 22.1. The van der Waals surface area contributed by atoms with Crippen molar-refractivity contribution in [3.05, 3.63) is 0 Å². The Morgan fingerprint density at radius 3 is 2.15 bits per heavy atom. The van der Waals surface area contributed by atoms with Gasteiger partial charge in [-0.2, -0.15) is 0 Å². The van der Waals surface area contributed by atoms with Gasteiger partial charge in [0.1, 0.15) is 9.84 Å². The van der Waals surface area contributed by atoms with E-state index in [2.05, 4.69) is 5.32 Å². The predicted molar refractivity (Wildman–Crippen MR) is 54.5 cm³/mol. The lowest BCUT2D eigenvalue weighted by molar-refractivity contribution is 0.320. The molecule has 1 fully saturated rings. The van der Waals surface area contributed by atoms with E-state index in [1.54, 1.807) is 0 Å². The standard InChI is InChI=1S/C9H19NO2S/c1-10-9-5-3-8(4-6-9)7-13(2,11)12/h8-10H,3-7H2,1-2H3. The fourth-order valence-electron chi connectivity index (χ4n) is 2.05. The first-order chi connectivity index (χ1) is 6.01. The Hall–Kier alpha value is -0.0900. The minimum absolute atomic E-state index is 0.378. The summed E-state index contributed by atoms with van der Waals surface area (Å²) in [7, 11) is -0.795. The van der Waals surface area contributed by atoms with Crippen LogP contribution in [0.25, 0.3) is 0 Å². The zero-order valence-corrected chi connectivity index (χ0v) is 9.23. The molecule has 3 nitrogen and oxygen atoms in total. The van der Waals surface area contributed by atoms with Gasteiger partial charge in [0.05, 0.1) is 5.75 Å². The smallest absolute Gasteiger partial charge is 0.147 e. The van der Waals surface area contributed by atoms with Gasteiger partial charge in [-0.15, -0.1) is 0 Å². The molecule has 0 radical (unpaired) electrons. The number of nitrogens with one attached hydrogen (secondary N) is 1. The molecular formula is C9H19NO2S. The van der Waals surface area contributed by atoms with Gasteiger partial charge in [-0.1, -0.05) is 0 Å². The first-order valence-corrected chi connectivity index (χ1v) is 6.92. The predicted octanol–water partition coefficient (Wildman–Crippen LogP) is 0.809. The molecular weight excluding hydrogens is 186 g/mol. The number of hydrogen-bond acceptors (Lipinski definition) is 3. The van der Waals surface area contributed by atoms with Gasteiger partial charge in [-0.05, 0) is 38.6 Å². The Kier molecular flexibility index (Phi) is 3.74. The molecule has 0 aromatic rings. The minimum Gasteiger partial charge on any atom is -0.317 e. The van der Waals surface area contributed by atoms with Crippen LogP contribution in [0.1, 0.15) is 25.7 Å². The largest absolute Gasteiger partial charge is 0.317 e. The van der Waals surface area contributed by atoms with Gasteiger partial charge in [0.2, 0.25) is 0 Å². The van der Waals surface area contributed by atoms with E-state index < -0.39 is 9.84 Å². The van der Waals surface area contributed by atoms with Gasteiger partial charge < -0.3 is 5.32 Å². The summed E-state index contributed by atoms with van der Waals surface area (Å²) in [5.41, 5.74) is 0. The maximum absolute atomic E-state index is 11.0. The van der Waals surface area contributed by atoms with Crippen LogP contribution < -0.4 is 5.32 Å². The molecule has 1 aliphatic rings. The molecule has 13 heavy (non-hydrogen) atoms. The number of sulfone groups is 1. The third kappa shape index (κ3) is 4.09. The third-order valence-electron chi connectivity index (χ3n) is 2.79. The molecule has 0 spiro atoms. The maximum atomic E-state index is 11.0. The number of hydrogen-bond donors (Lipinski definition) is 1. The summed E-state index contributed by atoms with van der Waals surface area (Å²) in [5.74, 6) is 0.781. The second-order valence-corrected chi connectivity index (χ2v) is 6.28. The maximum Gasteiger partial charge on any atom is 0.147 e. The zero-order valence-electron chi connectivity index (χ0n) is 8.41. The quantitative estimate of drug-likeness (QED) is 0.741. The molecule has 0 bridgehead atoms. The van der Waals surface area contributed by atoms with Gasteiger partial charge in [-0.25, -0.2) is 8.42 Å². The van der Waals surface area contributed by atoms with E-state index in [-0.39, 0.29) is 0 Å². The molecule has 0 saturated heterocycles. The summed E-state index contributed by atoms with van der Waals surface area (Å²) in [6.45, 7) is 0. The van der Waals surface area contributed by atoms with E-state index in [0.29, 0.717) is 17.7 Å². The minimum atomic E-state index is -2.77. The van der Waals surface area contributed by atoms with E-state index >= 15 is 0 Å². The molecule has 0 heterocycles. The van der Waals surface area contributed by atoms with Crippen LogP contribution >= 0.6 is 0 Å². The van der Waals surface area contributed by atoms with Crippen LogP contribution in [0.5, 0.6) is 0 Å². The number of rotatable bonds is 3. The van der Waals surface area contributed by atoms with Crippen LogP contribution in [0.2, 0.25) is 0 Å². The second-order valence-electron chi connectivity index (χ2n) is 4.10. The van der Waals surface area contributed by atoms with Crippen LogP contribution in [0.4, 0.5) is 0 Å². The van der Waals surface area contributed by atoms with E-state index in [1.807, 2.05) is 7.05 Å². The van der Waals surface area contributed by atoms with E-state index in [0.717, 1.165) is 25.7 Å². The molecule has 0 amide bonds. The molecule has 1 N–H and O–H groups in total. The van der Waals surface area contributed by atoms with Crippen molar-refractivity contribution in [3.8, 4) is 0 Å². The molecule has 1 aliphatic carbocycles. The molecule has 1 rings (SSSR count). The normalized spacial score (nSPS) is 30.3. The Morgan fingerprint density at radius 2 is 1.77 bits per heavy atom. The van der Waals surface area contributed by atoms with Crippen molar-refractivity contribution in [3.63, 3.8) is 0 Å². The van der Waals surface area contributed by atoms with Crippen molar-refractivity contribution in [2.24, 2.45) is 5.92 Å². The SMILES string of the molecule is CNC1CCC(CS(C)(=O)=O)CC1. The average molecular weight is 205 g/mol. The molecule has 0 unspecified atom stereocenters. The highest BCUT2D eigenvalue weighted by Gasteiger charge is 2.22. The van der Waals surface area contributed by atoms with Crippen molar-refractivity contribution in [1.82, 2.24) is 5.32 Å². The van der Waals surface area contributed by atoms with E-state index in [4.69, 9.17) is 0 Å². The zero-order chi connectivity index (χ0) is 9.90. The monoisotopic (exact) mass is 205 g/mol. The topological polar surface area (TPSA) is 46.2 Å². The fourth-order valence-corrected chi connectivity index (χ4v) is 3.24. The summed E-state index contributed by atoms with van der Waals surface area (Å²) in [4.78, 5) is 0. The molecule has 4 heteroatoms. The summed E-state index contributed by atoms with van der Waals surface area (Å²) in [5, 5.41) is 3.24. The van der Waals surface area contributed by atoms with E-state index in [9.17, 15) is 8.42 Å². The van der Waals surface area contributed by atoms with Crippen molar-refractivity contribution in [2.45, 2.75) is 31.7 Å². The summed E-state index contributed by atoms with van der Waals surface area (Å²) in [6, 6.07) is 0.607. The molecule has 0 aromatic carbocycles. The van der Waals surface area contributed by atoms with Crippen LogP contribution in [-0.2, 0) is 9.84 Å². The molecule has 0 aromatic heterocycles. The third-order valence-corrected chi connectivity index (χ3v) is 3.87. The molecule has 0 aliphatic heterocycles. The first-order valence-electron chi connectivity index (χ1n) is 4.86. The fraction of sp³-hybridized carbons (Fsp3) is 1.00. The average Bonchev–Trinajstić information content (AvgIpc) is 2.03. The molecule has 78 valence electrons. The van der Waals surface area contributed by atoms with E-state index in [1.165, 1.54) is 6.26 Å². The Balaban J connectivity index is 2.33. The second kappa shape index (κ2) is 4.42. The highest BCUT2D eigenvalue weighted by Crippen LogP contribution is 2.24. The van der Waals surface area contributed by atoms with Crippen molar-refractivity contribution < 1.29 is 8.42 Å². The van der Waals surface area contributed by atoms with Crippen LogP contribution in [0, 0.1) is 5.92 Å². The van der Waals surface area contributed by atoms with Gasteiger partial charge in [0.15, 0.2) is 0 Å². The Morgan fingerprint density at radius 1 is 1.23 bits per heavy atom.